The molecule has 0 aromatic heterocycles. The van der Waals surface area contributed by atoms with Gasteiger partial charge in [0.15, 0.2) is 6.10 Å². The summed E-state index contributed by atoms with van der Waals surface area (Å²) < 4.78 is 16.8. The highest BCUT2D eigenvalue weighted by atomic mass is 16.6. The fourth-order valence-electron chi connectivity index (χ4n) is 8.06. The van der Waals surface area contributed by atoms with Gasteiger partial charge >= 0.3 is 17.9 Å². The van der Waals surface area contributed by atoms with Crippen LogP contribution in [-0.2, 0) is 28.6 Å². The van der Waals surface area contributed by atoms with Crippen molar-refractivity contribution in [3.8, 4) is 0 Å². The minimum absolute atomic E-state index is 0.0995. The van der Waals surface area contributed by atoms with Gasteiger partial charge in [-0.1, -0.05) is 246 Å². The molecule has 0 bridgehead atoms. The fraction of sp³-hybridized carbons (Fsp3) is 0.708. The molecule has 0 aliphatic heterocycles. The molecule has 0 saturated heterocycles. The Morgan fingerprint density at radius 3 is 0.817 bits per heavy atom. The van der Waals surface area contributed by atoms with Gasteiger partial charge in [0.05, 0.1) is 0 Å². The second-order valence-corrected chi connectivity index (χ2v) is 19.6. The maximum absolute atomic E-state index is 12.9. The van der Waals surface area contributed by atoms with Gasteiger partial charge in [-0.2, -0.15) is 0 Å². The van der Waals surface area contributed by atoms with E-state index in [1.54, 1.807) is 0 Å². The second kappa shape index (κ2) is 58.9. The number of rotatable bonds is 53. The molecule has 0 unspecified atom stereocenters. The smallest absolute Gasteiger partial charge is 0.306 e. The number of allylic oxidation sites excluding steroid dienone is 16. The summed E-state index contributed by atoms with van der Waals surface area (Å²) in [6, 6.07) is 0. The first-order valence-corrected chi connectivity index (χ1v) is 29.7. The maximum atomic E-state index is 12.9. The number of carbonyl (C=O) groups excluding carboxylic acids is 3. The minimum Gasteiger partial charge on any atom is -0.462 e. The van der Waals surface area contributed by atoms with E-state index in [-0.39, 0.29) is 37.5 Å². The quantitative estimate of drug-likeness (QED) is 0.0261. The minimum atomic E-state index is -0.808. The largest absolute Gasteiger partial charge is 0.462 e. The number of unbranched alkanes of at least 4 members (excludes halogenated alkanes) is 26. The third-order valence-corrected chi connectivity index (χ3v) is 12.6. The van der Waals surface area contributed by atoms with Gasteiger partial charge in [0.25, 0.3) is 0 Å². The van der Waals surface area contributed by atoms with Crippen LogP contribution in [0.25, 0.3) is 0 Å². The average Bonchev–Trinajstić information content (AvgIpc) is 3.37. The van der Waals surface area contributed by atoms with Crippen molar-refractivity contribution in [1.82, 2.24) is 0 Å². The van der Waals surface area contributed by atoms with E-state index >= 15 is 0 Å². The van der Waals surface area contributed by atoms with Gasteiger partial charge < -0.3 is 14.2 Å². The lowest BCUT2D eigenvalue weighted by atomic mass is 10.0. The molecule has 0 radical (unpaired) electrons. The van der Waals surface area contributed by atoms with Gasteiger partial charge in [-0.25, -0.2) is 0 Å². The summed E-state index contributed by atoms with van der Waals surface area (Å²) >= 11 is 0. The van der Waals surface area contributed by atoms with Crippen LogP contribution in [0.4, 0.5) is 0 Å². The molecule has 0 aromatic carbocycles. The Kier molecular flexibility index (Phi) is 55.9. The molecule has 0 N–H and O–H groups in total. The SMILES string of the molecule is CCCCC/C=C/C/C=C/C/C=C/C/C=C/CCCCCC(=O)OC[C@@H](COC(=O)CCCCCCCCCCCCCCCCC)OC(=O)CCCCC/C=C/C/C=C/C/C=C/C/C=C/CCCCC. The second-order valence-electron chi connectivity index (χ2n) is 19.6. The highest BCUT2D eigenvalue weighted by molar-refractivity contribution is 5.71. The first-order chi connectivity index (χ1) is 35.0. The van der Waals surface area contributed by atoms with Crippen LogP contribution in [0.2, 0.25) is 0 Å². The van der Waals surface area contributed by atoms with Gasteiger partial charge in [-0.15, -0.1) is 0 Å². The average molecular weight is 988 g/mol. The number of hydrogen-bond acceptors (Lipinski definition) is 6. The predicted molar refractivity (Wildman–Crippen MR) is 307 cm³/mol. The molecule has 0 saturated carbocycles. The number of ether oxygens (including phenoxy) is 3. The Labute approximate surface area is 438 Å². The van der Waals surface area contributed by atoms with Crippen LogP contribution in [0.5, 0.6) is 0 Å². The first-order valence-electron chi connectivity index (χ1n) is 29.7. The summed E-state index contributed by atoms with van der Waals surface area (Å²) in [5.74, 6) is -0.957. The van der Waals surface area contributed by atoms with Gasteiger partial charge in [0.2, 0.25) is 0 Å². The molecular formula is C65H110O6. The van der Waals surface area contributed by atoms with Crippen LogP contribution in [-0.4, -0.2) is 37.2 Å². The summed E-state index contributed by atoms with van der Waals surface area (Å²) in [6.45, 7) is 6.55. The summed E-state index contributed by atoms with van der Waals surface area (Å²) in [6.07, 6.45) is 78.2. The van der Waals surface area contributed by atoms with E-state index in [4.69, 9.17) is 14.2 Å². The topological polar surface area (TPSA) is 78.9 Å². The highest BCUT2D eigenvalue weighted by Gasteiger charge is 2.19. The van der Waals surface area contributed by atoms with Crippen molar-refractivity contribution in [1.29, 1.82) is 0 Å². The molecule has 0 aliphatic rings. The molecule has 0 heterocycles. The Balaban J connectivity index is 4.51. The third kappa shape index (κ3) is 57.1. The number of hydrogen-bond donors (Lipinski definition) is 0. The van der Waals surface area contributed by atoms with Crippen LogP contribution < -0.4 is 0 Å². The monoisotopic (exact) mass is 987 g/mol. The van der Waals surface area contributed by atoms with Gasteiger partial charge in [0, 0.05) is 19.3 Å². The Morgan fingerprint density at radius 1 is 0.282 bits per heavy atom. The van der Waals surface area contributed by atoms with Crippen molar-refractivity contribution in [2.45, 2.75) is 284 Å². The van der Waals surface area contributed by atoms with E-state index in [1.807, 2.05) is 0 Å². The van der Waals surface area contributed by atoms with E-state index in [9.17, 15) is 14.4 Å². The first kappa shape index (κ1) is 67.3. The van der Waals surface area contributed by atoms with E-state index < -0.39 is 6.10 Å². The lowest BCUT2D eigenvalue weighted by Gasteiger charge is -2.18. The highest BCUT2D eigenvalue weighted by Crippen LogP contribution is 2.15. The number of esters is 3. The molecule has 0 spiro atoms. The molecule has 0 rings (SSSR count). The fourth-order valence-corrected chi connectivity index (χ4v) is 8.06. The van der Waals surface area contributed by atoms with Crippen LogP contribution >= 0.6 is 0 Å². The molecular weight excluding hydrogens is 877 g/mol. The van der Waals surface area contributed by atoms with Crippen molar-refractivity contribution < 1.29 is 28.6 Å². The van der Waals surface area contributed by atoms with Gasteiger partial charge in [-0.05, 0) is 109 Å². The zero-order chi connectivity index (χ0) is 51.4. The molecule has 1 atom stereocenters. The molecule has 6 nitrogen and oxygen atoms in total. The summed E-state index contributed by atoms with van der Waals surface area (Å²) in [4.78, 5) is 38.2. The molecule has 406 valence electrons. The molecule has 0 aromatic rings. The standard InChI is InChI=1S/C65H110O6/c1-4-7-10-13-16-19-22-25-28-30-32-34-37-40-43-46-49-52-55-58-64(67)70-61-62(60-69-63(66)57-54-51-48-45-42-39-36-27-24-21-18-15-12-9-6-3)71-65(68)59-56-53-50-47-44-41-38-35-33-31-29-26-23-20-17-14-11-8-5-2/h16-17,19-20,25-26,28-29,32-35,40-41,43-44,62H,4-15,18,21-24,27,30-31,36-39,42,45-61H2,1-3H3/b19-16+,20-17+,28-25+,29-26+,34-32+,35-33+,43-40+,44-41+/t62-/m1/s1. The van der Waals surface area contributed by atoms with Crippen LogP contribution in [0.3, 0.4) is 0 Å². The van der Waals surface area contributed by atoms with Crippen molar-refractivity contribution in [2.75, 3.05) is 13.2 Å². The Morgan fingerprint density at radius 2 is 0.507 bits per heavy atom. The maximum Gasteiger partial charge on any atom is 0.306 e. The molecule has 6 heteroatoms. The summed E-state index contributed by atoms with van der Waals surface area (Å²) in [7, 11) is 0. The van der Waals surface area contributed by atoms with Crippen molar-refractivity contribution in [3.05, 3.63) is 97.2 Å². The van der Waals surface area contributed by atoms with Crippen molar-refractivity contribution in [2.24, 2.45) is 0 Å². The van der Waals surface area contributed by atoms with Gasteiger partial charge in [-0.3, -0.25) is 14.4 Å². The van der Waals surface area contributed by atoms with Crippen LogP contribution in [0.1, 0.15) is 278 Å². The molecule has 0 fully saturated rings. The lowest BCUT2D eigenvalue weighted by molar-refractivity contribution is -0.167. The molecule has 71 heavy (non-hydrogen) atoms. The summed E-state index contributed by atoms with van der Waals surface area (Å²) in [5, 5.41) is 0. The summed E-state index contributed by atoms with van der Waals surface area (Å²) in [5.41, 5.74) is 0. The van der Waals surface area contributed by atoms with Gasteiger partial charge in [0.1, 0.15) is 13.2 Å². The van der Waals surface area contributed by atoms with E-state index in [1.165, 1.54) is 128 Å². The number of carbonyl (C=O) groups is 3. The van der Waals surface area contributed by atoms with Crippen LogP contribution in [0, 0.1) is 0 Å². The Hall–Kier alpha value is -3.67. The molecule has 0 amide bonds. The normalized spacial score (nSPS) is 12.8. The molecule has 0 aliphatic carbocycles. The van der Waals surface area contributed by atoms with Crippen molar-refractivity contribution >= 4 is 17.9 Å². The lowest BCUT2D eigenvalue weighted by Crippen LogP contribution is -2.30. The van der Waals surface area contributed by atoms with Crippen LogP contribution in [0.15, 0.2) is 97.2 Å². The predicted octanol–water partition coefficient (Wildman–Crippen LogP) is 20.1. The third-order valence-electron chi connectivity index (χ3n) is 12.6. The van der Waals surface area contributed by atoms with Crippen molar-refractivity contribution in [3.63, 3.8) is 0 Å². The zero-order valence-electron chi connectivity index (χ0n) is 46.5. The van der Waals surface area contributed by atoms with E-state index in [2.05, 4.69) is 118 Å². The van der Waals surface area contributed by atoms with E-state index in [0.29, 0.717) is 12.8 Å². The Bertz CT molecular complexity index is 1410. The van der Waals surface area contributed by atoms with E-state index in [0.717, 1.165) is 109 Å². The zero-order valence-corrected chi connectivity index (χ0v) is 46.5.